The van der Waals surface area contributed by atoms with Gasteiger partial charge in [-0.2, -0.15) is 0 Å². The van der Waals surface area contributed by atoms with E-state index >= 15 is 0 Å². The average Bonchev–Trinajstić information content (AvgIpc) is 3.22. The predicted octanol–water partition coefficient (Wildman–Crippen LogP) is 3.87. The zero-order valence-corrected chi connectivity index (χ0v) is 13.2. The Morgan fingerprint density at radius 1 is 1.25 bits per heavy atom. The maximum absolute atomic E-state index is 10.7. The van der Waals surface area contributed by atoms with Gasteiger partial charge in [-0.25, -0.2) is 0 Å². The molecule has 1 aromatic carbocycles. The Bertz CT molecular complexity index is 397. The largest absolute Gasteiger partial charge is 0.388 e. The maximum atomic E-state index is 10.7. The average molecular weight is 275 g/mol. The van der Waals surface area contributed by atoms with Gasteiger partial charge in [0.2, 0.25) is 0 Å². The van der Waals surface area contributed by atoms with Crippen molar-refractivity contribution in [2.24, 2.45) is 11.3 Å². The van der Waals surface area contributed by atoms with E-state index in [1.807, 2.05) is 30.3 Å². The Labute approximate surface area is 123 Å². The quantitative estimate of drug-likeness (QED) is 0.778. The molecule has 2 nitrogen and oxygen atoms in total. The molecule has 1 saturated carbocycles. The molecule has 2 heteroatoms. The topological polar surface area (TPSA) is 23.5 Å². The SMILES string of the molecule is CCCN(CC1CC1)CC(C)(C)C(O)c1ccccc1. The number of aliphatic hydroxyl groups is 1. The third-order valence-electron chi connectivity index (χ3n) is 4.24. The number of nitrogens with zero attached hydrogens (tertiary/aromatic N) is 1. The van der Waals surface area contributed by atoms with Crippen LogP contribution in [0.25, 0.3) is 0 Å². The van der Waals surface area contributed by atoms with Crippen molar-refractivity contribution >= 4 is 0 Å². The van der Waals surface area contributed by atoms with Crippen LogP contribution in [-0.4, -0.2) is 29.6 Å². The molecular weight excluding hydrogens is 246 g/mol. The van der Waals surface area contributed by atoms with Crippen LogP contribution in [-0.2, 0) is 0 Å². The molecule has 2 rings (SSSR count). The second-order valence-corrected chi connectivity index (χ2v) is 6.98. The Morgan fingerprint density at radius 2 is 1.90 bits per heavy atom. The molecule has 1 fully saturated rings. The van der Waals surface area contributed by atoms with Gasteiger partial charge in [-0.3, -0.25) is 0 Å². The summed E-state index contributed by atoms with van der Waals surface area (Å²) in [4.78, 5) is 2.55. The van der Waals surface area contributed by atoms with Crippen LogP contribution in [0.4, 0.5) is 0 Å². The van der Waals surface area contributed by atoms with Gasteiger partial charge in [0.05, 0.1) is 6.10 Å². The number of hydrogen-bond donors (Lipinski definition) is 1. The van der Waals surface area contributed by atoms with Crippen LogP contribution in [0, 0.1) is 11.3 Å². The molecule has 0 amide bonds. The summed E-state index contributed by atoms with van der Waals surface area (Å²) in [6, 6.07) is 10.1. The standard InChI is InChI=1S/C18H29NO/c1-4-12-19(13-15-10-11-15)14-18(2,3)17(20)16-8-6-5-7-9-16/h5-9,15,17,20H,4,10-14H2,1-3H3. The van der Waals surface area contributed by atoms with Gasteiger partial charge in [-0.1, -0.05) is 51.1 Å². The van der Waals surface area contributed by atoms with E-state index in [-0.39, 0.29) is 5.41 Å². The molecule has 1 N–H and O–H groups in total. The number of benzene rings is 1. The van der Waals surface area contributed by atoms with E-state index in [0.717, 1.165) is 24.6 Å². The molecule has 0 bridgehead atoms. The van der Waals surface area contributed by atoms with E-state index in [4.69, 9.17) is 0 Å². The Kier molecular flexibility index (Phi) is 5.22. The van der Waals surface area contributed by atoms with Crippen LogP contribution < -0.4 is 0 Å². The zero-order valence-electron chi connectivity index (χ0n) is 13.2. The number of aliphatic hydroxyl groups excluding tert-OH is 1. The van der Waals surface area contributed by atoms with Crippen molar-refractivity contribution in [1.29, 1.82) is 0 Å². The van der Waals surface area contributed by atoms with Gasteiger partial charge in [0.25, 0.3) is 0 Å². The summed E-state index contributed by atoms with van der Waals surface area (Å²) in [7, 11) is 0. The highest BCUT2D eigenvalue weighted by Crippen LogP contribution is 2.36. The molecule has 1 unspecified atom stereocenters. The minimum absolute atomic E-state index is 0.120. The van der Waals surface area contributed by atoms with Crippen molar-refractivity contribution in [3.05, 3.63) is 35.9 Å². The van der Waals surface area contributed by atoms with Gasteiger partial charge in [0, 0.05) is 18.5 Å². The molecule has 20 heavy (non-hydrogen) atoms. The van der Waals surface area contributed by atoms with Crippen molar-refractivity contribution < 1.29 is 5.11 Å². The highest BCUT2D eigenvalue weighted by Gasteiger charge is 2.33. The summed E-state index contributed by atoms with van der Waals surface area (Å²) in [5, 5.41) is 10.7. The van der Waals surface area contributed by atoms with Gasteiger partial charge >= 0.3 is 0 Å². The molecule has 112 valence electrons. The molecule has 0 spiro atoms. The van der Waals surface area contributed by atoms with Crippen molar-refractivity contribution in [3.63, 3.8) is 0 Å². The molecule has 1 aliphatic rings. The smallest absolute Gasteiger partial charge is 0.0853 e. The first-order valence-corrected chi connectivity index (χ1v) is 7.98. The molecular formula is C18H29NO. The van der Waals surface area contributed by atoms with Crippen LogP contribution in [0.5, 0.6) is 0 Å². The molecule has 0 saturated heterocycles. The molecule has 0 heterocycles. The Balaban J connectivity index is 1.99. The highest BCUT2D eigenvalue weighted by atomic mass is 16.3. The summed E-state index contributed by atoms with van der Waals surface area (Å²) < 4.78 is 0. The summed E-state index contributed by atoms with van der Waals surface area (Å²) in [6.07, 6.45) is 3.57. The van der Waals surface area contributed by atoms with E-state index in [2.05, 4.69) is 25.7 Å². The fourth-order valence-corrected chi connectivity index (χ4v) is 2.97. The molecule has 0 aliphatic heterocycles. The van der Waals surface area contributed by atoms with Crippen LogP contribution in [0.15, 0.2) is 30.3 Å². The minimum atomic E-state index is -0.401. The lowest BCUT2D eigenvalue weighted by molar-refractivity contribution is 0.0190. The fourth-order valence-electron chi connectivity index (χ4n) is 2.97. The number of hydrogen-bond acceptors (Lipinski definition) is 2. The lowest BCUT2D eigenvalue weighted by Gasteiger charge is -2.36. The second kappa shape index (κ2) is 6.73. The first-order chi connectivity index (χ1) is 9.53. The Morgan fingerprint density at radius 3 is 2.45 bits per heavy atom. The second-order valence-electron chi connectivity index (χ2n) is 6.98. The Hall–Kier alpha value is -0.860. The molecule has 1 aliphatic carbocycles. The lowest BCUT2D eigenvalue weighted by Crippen LogP contribution is -2.39. The van der Waals surface area contributed by atoms with Gasteiger partial charge < -0.3 is 10.0 Å². The van der Waals surface area contributed by atoms with E-state index in [1.54, 1.807) is 0 Å². The van der Waals surface area contributed by atoms with E-state index in [1.165, 1.54) is 25.8 Å². The normalized spacial score (nSPS) is 17.4. The molecule has 0 aromatic heterocycles. The number of rotatable bonds is 8. The molecule has 1 atom stereocenters. The van der Waals surface area contributed by atoms with Crippen molar-refractivity contribution in [2.75, 3.05) is 19.6 Å². The van der Waals surface area contributed by atoms with Crippen LogP contribution in [0.3, 0.4) is 0 Å². The van der Waals surface area contributed by atoms with Crippen LogP contribution in [0.1, 0.15) is 51.7 Å². The van der Waals surface area contributed by atoms with E-state index < -0.39 is 6.10 Å². The van der Waals surface area contributed by atoms with Crippen LogP contribution in [0.2, 0.25) is 0 Å². The van der Waals surface area contributed by atoms with Crippen molar-refractivity contribution in [2.45, 2.75) is 46.1 Å². The summed E-state index contributed by atoms with van der Waals surface area (Å²) in [5.74, 6) is 0.909. The van der Waals surface area contributed by atoms with E-state index in [0.29, 0.717) is 0 Å². The van der Waals surface area contributed by atoms with Crippen LogP contribution >= 0.6 is 0 Å². The monoisotopic (exact) mass is 275 g/mol. The van der Waals surface area contributed by atoms with Gasteiger partial charge in [-0.05, 0) is 37.3 Å². The first kappa shape index (κ1) is 15.5. The highest BCUT2D eigenvalue weighted by molar-refractivity contribution is 5.19. The molecule has 0 radical (unpaired) electrons. The third kappa shape index (κ3) is 4.32. The zero-order chi connectivity index (χ0) is 14.6. The summed E-state index contributed by atoms with van der Waals surface area (Å²) in [5.41, 5.74) is 0.908. The summed E-state index contributed by atoms with van der Waals surface area (Å²) >= 11 is 0. The molecule has 1 aromatic rings. The van der Waals surface area contributed by atoms with E-state index in [9.17, 15) is 5.11 Å². The van der Waals surface area contributed by atoms with Gasteiger partial charge in [0.15, 0.2) is 0 Å². The lowest BCUT2D eigenvalue weighted by atomic mass is 9.82. The van der Waals surface area contributed by atoms with Gasteiger partial charge in [0.1, 0.15) is 0 Å². The summed E-state index contributed by atoms with van der Waals surface area (Å²) in [6.45, 7) is 9.91. The predicted molar refractivity (Wildman–Crippen MR) is 84.6 cm³/mol. The maximum Gasteiger partial charge on any atom is 0.0853 e. The fraction of sp³-hybridized carbons (Fsp3) is 0.667. The third-order valence-corrected chi connectivity index (χ3v) is 4.24. The van der Waals surface area contributed by atoms with Crippen molar-refractivity contribution in [3.8, 4) is 0 Å². The minimum Gasteiger partial charge on any atom is -0.388 e. The van der Waals surface area contributed by atoms with Crippen molar-refractivity contribution in [1.82, 2.24) is 4.90 Å². The first-order valence-electron chi connectivity index (χ1n) is 7.98. The van der Waals surface area contributed by atoms with Gasteiger partial charge in [-0.15, -0.1) is 0 Å².